The number of carbonyl (C=O) groups is 2. The van der Waals surface area contributed by atoms with E-state index in [1.54, 1.807) is 7.11 Å². The van der Waals surface area contributed by atoms with E-state index in [0.717, 1.165) is 17.9 Å². The van der Waals surface area contributed by atoms with Crippen molar-refractivity contribution in [3.05, 3.63) is 60.2 Å². The lowest BCUT2D eigenvalue weighted by molar-refractivity contribution is -0.159. The zero-order chi connectivity index (χ0) is 20.2. The van der Waals surface area contributed by atoms with E-state index in [9.17, 15) is 0 Å². The van der Waals surface area contributed by atoms with E-state index in [2.05, 4.69) is 43.3 Å². The fraction of sp³-hybridized carbons (Fsp3) is 0.300. The smallest absolute Gasteiger partial charge is 0.414 e. The van der Waals surface area contributed by atoms with Crippen LogP contribution >= 0.6 is 0 Å². The van der Waals surface area contributed by atoms with Crippen molar-refractivity contribution in [3.63, 3.8) is 0 Å². The Balaban J connectivity index is 0.000000527. The lowest BCUT2D eigenvalue weighted by Crippen LogP contribution is -2.22. The molecule has 146 valence electrons. The van der Waals surface area contributed by atoms with Gasteiger partial charge in [-0.2, -0.15) is 0 Å². The molecule has 0 saturated carbocycles. The third-order valence-electron chi connectivity index (χ3n) is 3.71. The molecule has 0 aliphatic carbocycles. The van der Waals surface area contributed by atoms with Crippen molar-refractivity contribution in [3.8, 4) is 11.5 Å². The quantitative estimate of drug-likeness (QED) is 0.718. The molecular formula is C20H25NO6. The molecule has 7 nitrogen and oxygen atoms in total. The summed E-state index contributed by atoms with van der Waals surface area (Å²) in [5.41, 5.74) is 1.32. The number of hydrogen-bond donors (Lipinski definition) is 2. The van der Waals surface area contributed by atoms with Gasteiger partial charge in [-0.3, -0.25) is 0 Å². The maximum Gasteiger partial charge on any atom is 0.414 e. The second kappa shape index (κ2) is 11.5. The first-order valence-corrected chi connectivity index (χ1v) is 8.29. The summed E-state index contributed by atoms with van der Waals surface area (Å²) in [5, 5.41) is 14.8. The average Bonchev–Trinajstić information content (AvgIpc) is 2.66. The first-order valence-electron chi connectivity index (χ1n) is 8.29. The number of carboxylic acids is 2. The second-order valence-corrected chi connectivity index (χ2v) is 5.81. The van der Waals surface area contributed by atoms with Crippen LogP contribution in [-0.2, 0) is 9.59 Å². The predicted octanol–water partition coefficient (Wildman–Crippen LogP) is 2.92. The van der Waals surface area contributed by atoms with E-state index in [1.807, 2.05) is 30.3 Å². The summed E-state index contributed by atoms with van der Waals surface area (Å²) >= 11 is 0. The number of carboxylic acid groups (broad SMARTS) is 2. The highest BCUT2D eigenvalue weighted by Crippen LogP contribution is 2.23. The van der Waals surface area contributed by atoms with E-state index < -0.39 is 11.9 Å². The molecule has 2 aromatic rings. The van der Waals surface area contributed by atoms with Crippen LogP contribution in [0.1, 0.15) is 18.0 Å². The van der Waals surface area contributed by atoms with Crippen LogP contribution in [0.2, 0.25) is 0 Å². The maximum absolute atomic E-state index is 9.10. The van der Waals surface area contributed by atoms with Crippen LogP contribution < -0.4 is 9.47 Å². The van der Waals surface area contributed by atoms with E-state index >= 15 is 0 Å². The van der Waals surface area contributed by atoms with Gasteiger partial charge in [0.15, 0.2) is 0 Å². The summed E-state index contributed by atoms with van der Waals surface area (Å²) in [5.74, 6) is -1.93. The third-order valence-corrected chi connectivity index (χ3v) is 3.71. The highest BCUT2D eigenvalue weighted by molar-refractivity contribution is 6.27. The van der Waals surface area contributed by atoms with Gasteiger partial charge in [-0.25, -0.2) is 9.59 Å². The molecule has 0 bridgehead atoms. The predicted molar refractivity (Wildman–Crippen MR) is 101 cm³/mol. The molecule has 2 aromatic carbocycles. The van der Waals surface area contributed by atoms with Gasteiger partial charge in [-0.1, -0.05) is 30.3 Å². The molecule has 0 radical (unpaired) electrons. The molecule has 0 aliphatic heterocycles. The Hall–Kier alpha value is -3.06. The Kier molecular flexibility index (Phi) is 9.39. The SMILES string of the molecule is COc1ccc(OCCC(c2ccccc2)N(C)C)cc1.O=C(O)C(=O)O. The molecule has 0 aliphatic rings. The molecule has 0 amide bonds. The van der Waals surface area contributed by atoms with Gasteiger partial charge in [0.25, 0.3) is 0 Å². The average molecular weight is 375 g/mol. The largest absolute Gasteiger partial charge is 0.497 e. The van der Waals surface area contributed by atoms with Gasteiger partial charge in [0.1, 0.15) is 11.5 Å². The molecule has 1 atom stereocenters. The molecule has 0 spiro atoms. The number of aliphatic carboxylic acids is 2. The lowest BCUT2D eigenvalue weighted by Gasteiger charge is -2.24. The molecule has 0 aromatic heterocycles. The summed E-state index contributed by atoms with van der Waals surface area (Å²) in [4.78, 5) is 20.4. The van der Waals surface area contributed by atoms with Crippen molar-refractivity contribution >= 4 is 11.9 Å². The zero-order valence-electron chi connectivity index (χ0n) is 15.7. The number of methoxy groups -OCH3 is 1. The number of rotatable bonds is 7. The highest BCUT2D eigenvalue weighted by atomic mass is 16.5. The van der Waals surface area contributed by atoms with Gasteiger partial charge in [0.05, 0.1) is 13.7 Å². The first kappa shape index (κ1) is 22.0. The maximum atomic E-state index is 9.10. The van der Waals surface area contributed by atoms with Crippen LogP contribution in [0.4, 0.5) is 0 Å². The van der Waals surface area contributed by atoms with Gasteiger partial charge in [0.2, 0.25) is 0 Å². The fourth-order valence-corrected chi connectivity index (χ4v) is 2.36. The summed E-state index contributed by atoms with van der Waals surface area (Å²) in [7, 11) is 5.87. The van der Waals surface area contributed by atoms with Crippen LogP contribution in [0.25, 0.3) is 0 Å². The summed E-state index contributed by atoms with van der Waals surface area (Å²) < 4.78 is 11.0. The van der Waals surface area contributed by atoms with Gasteiger partial charge in [-0.05, 0) is 43.9 Å². The molecule has 2 rings (SSSR count). The van der Waals surface area contributed by atoms with Crippen LogP contribution in [-0.4, -0.2) is 54.9 Å². The third kappa shape index (κ3) is 8.24. The summed E-state index contributed by atoms with van der Waals surface area (Å²) in [6.45, 7) is 0.685. The lowest BCUT2D eigenvalue weighted by atomic mass is 10.0. The fourth-order valence-electron chi connectivity index (χ4n) is 2.36. The van der Waals surface area contributed by atoms with E-state index in [0.29, 0.717) is 12.6 Å². The number of hydrogen-bond acceptors (Lipinski definition) is 5. The number of benzene rings is 2. The Labute approximate surface area is 158 Å². The Bertz CT molecular complexity index is 688. The summed E-state index contributed by atoms with van der Waals surface area (Å²) in [6.07, 6.45) is 0.947. The van der Waals surface area contributed by atoms with Crippen LogP contribution in [0.15, 0.2) is 54.6 Å². The monoisotopic (exact) mass is 375 g/mol. The van der Waals surface area contributed by atoms with Gasteiger partial charge >= 0.3 is 11.9 Å². The molecule has 7 heteroatoms. The standard InChI is InChI=1S/C18H23NO2.C2H2O4/c1-19(2)18(15-7-5-4-6-8-15)13-14-21-17-11-9-16(20-3)10-12-17;3-1(4)2(5)6/h4-12,18H,13-14H2,1-3H3;(H,3,4)(H,5,6). The van der Waals surface area contributed by atoms with Crippen LogP contribution in [0.3, 0.4) is 0 Å². The van der Waals surface area contributed by atoms with Gasteiger partial charge in [0, 0.05) is 12.5 Å². The van der Waals surface area contributed by atoms with E-state index in [1.165, 1.54) is 5.56 Å². The topological polar surface area (TPSA) is 96.3 Å². The Morgan fingerprint density at radius 3 is 1.89 bits per heavy atom. The first-order chi connectivity index (χ1) is 12.8. The van der Waals surface area contributed by atoms with Crippen molar-refractivity contribution < 1.29 is 29.3 Å². The van der Waals surface area contributed by atoms with E-state index in [-0.39, 0.29) is 0 Å². The molecule has 1 unspecified atom stereocenters. The molecule has 0 saturated heterocycles. The van der Waals surface area contributed by atoms with Gasteiger partial charge < -0.3 is 24.6 Å². The van der Waals surface area contributed by atoms with Crippen molar-refractivity contribution in [1.29, 1.82) is 0 Å². The number of ether oxygens (including phenoxy) is 2. The molecular weight excluding hydrogens is 350 g/mol. The Morgan fingerprint density at radius 1 is 0.926 bits per heavy atom. The van der Waals surface area contributed by atoms with Crippen molar-refractivity contribution in [1.82, 2.24) is 4.90 Å². The van der Waals surface area contributed by atoms with Crippen LogP contribution in [0.5, 0.6) is 11.5 Å². The van der Waals surface area contributed by atoms with Crippen LogP contribution in [0, 0.1) is 0 Å². The van der Waals surface area contributed by atoms with Crippen molar-refractivity contribution in [2.24, 2.45) is 0 Å². The normalized spacial score (nSPS) is 11.1. The molecule has 2 N–H and O–H groups in total. The minimum atomic E-state index is -1.82. The second-order valence-electron chi connectivity index (χ2n) is 5.81. The number of nitrogens with zero attached hydrogens (tertiary/aromatic N) is 1. The summed E-state index contributed by atoms with van der Waals surface area (Å²) in [6, 6.07) is 18.6. The molecule has 0 fully saturated rings. The molecule has 0 heterocycles. The van der Waals surface area contributed by atoms with Gasteiger partial charge in [-0.15, -0.1) is 0 Å². The van der Waals surface area contributed by atoms with E-state index in [4.69, 9.17) is 29.3 Å². The highest BCUT2D eigenvalue weighted by Gasteiger charge is 2.13. The minimum absolute atomic E-state index is 0.365. The van der Waals surface area contributed by atoms with Crippen molar-refractivity contribution in [2.45, 2.75) is 12.5 Å². The Morgan fingerprint density at radius 2 is 1.44 bits per heavy atom. The molecule has 27 heavy (non-hydrogen) atoms. The van der Waals surface area contributed by atoms with Crippen molar-refractivity contribution in [2.75, 3.05) is 27.8 Å². The zero-order valence-corrected chi connectivity index (χ0v) is 15.7. The minimum Gasteiger partial charge on any atom is -0.497 e.